The van der Waals surface area contributed by atoms with Crippen molar-refractivity contribution in [2.75, 3.05) is 0 Å². The molecule has 0 bridgehead atoms. The lowest BCUT2D eigenvalue weighted by atomic mass is 10.1. The first kappa shape index (κ1) is 17.6. The van der Waals surface area contributed by atoms with Gasteiger partial charge in [0.2, 0.25) is 0 Å². The number of benzene rings is 2. The zero-order chi connectivity index (χ0) is 17.2. The van der Waals surface area contributed by atoms with E-state index >= 15 is 0 Å². The van der Waals surface area contributed by atoms with Crippen molar-refractivity contribution >= 4 is 7.60 Å². The van der Waals surface area contributed by atoms with Crippen LogP contribution in [0.25, 0.3) is 0 Å². The Balaban J connectivity index is 2.33. The van der Waals surface area contributed by atoms with Gasteiger partial charge in [0.25, 0.3) is 0 Å². The molecule has 0 aromatic heterocycles. The molecule has 0 unspecified atom stereocenters. The number of hydrogen-bond donors (Lipinski definition) is 0. The standard InChI is InChI=1S/C19H25O3P/c1-13(2)23(20,21-18-9-7-14(3)11-16(18)5)22-19-10-8-15(4)12-17(19)6/h7-13H,1-6H3. The zero-order valence-corrected chi connectivity index (χ0v) is 15.6. The highest BCUT2D eigenvalue weighted by molar-refractivity contribution is 7.55. The largest absolute Gasteiger partial charge is 0.433 e. The second kappa shape index (κ2) is 6.80. The van der Waals surface area contributed by atoms with Gasteiger partial charge < -0.3 is 9.05 Å². The maximum Gasteiger partial charge on any atom is 0.433 e. The van der Waals surface area contributed by atoms with Crippen LogP contribution in [0.4, 0.5) is 0 Å². The van der Waals surface area contributed by atoms with E-state index in [1.807, 2.05) is 77.9 Å². The third-order valence-electron chi connectivity index (χ3n) is 3.74. The molecule has 0 fully saturated rings. The van der Waals surface area contributed by atoms with Crippen molar-refractivity contribution in [3.63, 3.8) is 0 Å². The van der Waals surface area contributed by atoms with Crippen LogP contribution in [-0.2, 0) is 4.57 Å². The summed E-state index contributed by atoms with van der Waals surface area (Å²) in [4.78, 5) is 0. The van der Waals surface area contributed by atoms with Crippen LogP contribution in [0, 0.1) is 27.7 Å². The van der Waals surface area contributed by atoms with Gasteiger partial charge in [0.05, 0.1) is 5.66 Å². The summed E-state index contributed by atoms with van der Waals surface area (Å²) in [6, 6.07) is 11.6. The molecule has 124 valence electrons. The summed E-state index contributed by atoms with van der Waals surface area (Å²) in [6.07, 6.45) is 0. The van der Waals surface area contributed by atoms with Crippen molar-refractivity contribution in [1.29, 1.82) is 0 Å². The normalized spacial score (nSPS) is 11.6. The Labute approximate surface area is 139 Å². The first-order chi connectivity index (χ1) is 10.7. The van der Waals surface area contributed by atoms with Crippen molar-refractivity contribution in [1.82, 2.24) is 0 Å². The average molecular weight is 332 g/mol. The Morgan fingerprint density at radius 2 is 1.17 bits per heavy atom. The molecule has 23 heavy (non-hydrogen) atoms. The molecule has 0 aliphatic rings. The minimum Gasteiger partial charge on any atom is -0.416 e. The van der Waals surface area contributed by atoms with Gasteiger partial charge in [-0.05, 0) is 64.8 Å². The second-order valence-corrected chi connectivity index (χ2v) is 8.83. The van der Waals surface area contributed by atoms with Crippen molar-refractivity contribution in [3.8, 4) is 11.5 Å². The zero-order valence-electron chi connectivity index (χ0n) is 14.7. The van der Waals surface area contributed by atoms with Crippen LogP contribution in [0.5, 0.6) is 11.5 Å². The second-order valence-electron chi connectivity index (χ2n) is 6.35. The SMILES string of the molecule is Cc1ccc(OP(=O)(Oc2ccc(C)cc2C)C(C)C)c(C)c1. The highest BCUT2D eigenvalue weighted by atomic mass is 31.2. The fourth-order valence-corrected chi connectivity index (χ4v) is 3.72. The van der Waals surface area contributed by atoms with Gasteiger partial charge in [0.15, 0.2) is 0 Å². The maximum atomic E-state index is 13.3. The Morgan fingerprint density at radius 3 is 1.48 bits per heavy atom. The van der Waals surface area contributed by atoms with Crippen LogP contribution in [0.2, 0.25) is 0 Å². The van der Waals surface area contributed by atoms with Gasteiger partial charge in [0.1, 0.15) is 11.5 Å². The van der Waals surface area contributed by atoms with E-state index < -0.39 is 7.60 Å². The maximum absolute atomic E-state index is 13.3. The number of hydrogen-bond acceptors (Lipinski definition) is 3. The molecular weight excluding hydrogens is 307 g/mol. The van der Waals surface area contributed by atoms with Crippen LogP contribution >= 0.6 is 7.60 Å². The van der Waals surface area contributed by atoms with Crippen molar-refractivity contribution in [2.45, 2.75) is 47.2 Å². The molecule has 0 spiro atoms. The highest BCUT2D eigenvalue weighted by Crippen LogP contribution is 2.53. The predicted octanol–water partition coefficient (Wildman–Crippen LogP) is 5.98. The molecule has 2 aromatic carbocycles. The monoisotopic (exact) mass is 332 g/mol. The first-order valence-corrected chi connectivity index (χ1v) is 9.46. The van der Waals surface area contributed by atoms with E-state index in [0.717, 1.165) is 22.3 Å². The molecular formula is C19H25O3P. The van der Waals surface area contributed by atoms with Gasteiger partial charge in [-0.1, -0.05) is 35.4 Å². The molecule has 0 heterocycles. The summed E-state index contributed by atoms with van der Waals surface area (Å²) < 4.78 is 25.0. The third kappa shape index (κ3) is 4.17. The van der Waals surface area contributed by atoms with Crippen molar-refractivity contribution in [2.24, 2.45) is 0 Å². The van der Waals surface area contributed by atoms with Crippen LogP contribution in [0.3, 0.4) is 0 Å². The van der Waals surface area contributed by atoms with Crippen LogP contribution in [-0.4, -0.2) is 5.66 Å². The van der Waals surface area contributed by atoms with E-state index in [1.54, 1.807) is 0 Å². The molecule has 0 saturated heterocycles. The topological polar surface area (TPSA) is 35.5 Å². The van der Waals surface area contributed by atoms with E-state index in [1.165, 1.54) is 0 Å². The van der Waals surface area contributed by atoms with Crippen LogP contribution in [0.15, 0.2) is 36.4 Å². The molecule has 0 saturated carbocycles. The van der Waals surface area contributed by atoms with E-state index in [4.69, 9.17) is 9.05 Å². The van der Waals surface area contributed by atoms with E-state index in [0.29, 0.717) is 11.5 Å². The average Bonchev–Trinajstić information content (AvgIpc) is 2.45. The summed E-state index contributed by atoms with van der Waals surface area (Å²) in [7, 11) is -3.32. The fourth-order valence-electron chi connectivity index (χ4n) is 2.31. The van der Waals surface area contributed by atoms with Gasteiger partial charge in [-0.15, -0.1) is 0 Å². The Bertz CT molecular complexity index is 693. The van der Waals surface area contributed by atoms with E-state index in [2.05, 4.69) is 0 Å². The fraction of sp³-hybridized carbons (Fsp3) is 0.368. The minimum atomic E-state index is -3.32. The van der Waals surface area contributed by atoms with Gasteiger partial charge >= 0.3 is 7.60 Å². The molecule has 4 heteroatoms. The van der Waals surface area contributed by atoms with Crippen LogP contribution < -0.4 is 9.05 Å². The van der Waals surface area contributed by atoms with Crippen molar-refractivity contribution < 1.29 is 13.6 Å². The molecule has 3 nitrogen and oxygen atoms in total. The lowest BCUT2D eigenvalue weighted by Gasteiger charge is -2.24. The third-order valence-corrected chi connectivity index (χ3v) is 5.91. The van der Waals surface area contributed by atoms with E-state index in [9.17, 15) is 4.57 Å². The number of aryl methyl sites for hydroxylation is 4. The molecule has 0 aliphatic heterocycles. The Kier molecular flexibility index (Phi) is 5.21. The van der Waals surface area contributed by atoms with Gasteiger partial charge in [-0.3, -0.25) is 0 Å². The molecule has 0 amide bonds. The molecule has 0 radical (unpaired) electrons. The smallest absolute Gasteiger partial charge is 0.416 e. The van der Waals surface area contributed by atoms with Crippen LogP contribution in [0.1, 0.15) is 36.1 Å². The molecule has 0 N–H and O–H groups in total. The summed E-state index contributed by atoms with van der Waals surface area (Å²) in [5.41, 5.74) is 3.95. The van der Waals surface area contributed by atoms with Gasteiger partial charge in [-0.25, -0.2) is 4.57 Å². The summed E-state index contributed by atoms with van der Waals surface area (Å²) in [6.45, 7) is 11.6. The lowest BCUT2D eigenvalue weighted by Crippen LogP contribution is -2.11. The molecule has 2 rings (SSSR count). The van der Waals surface area contributed by atoms with E-state index in [-0.39, 0.29) is 5.66 Å². The lowest BCUT2D eigenvalue weighted by molar-refractivity contribution is 0.374. The van der Waals surface area contributed by atoms with Gasteiger partial charge in [-0.2, -0.15) is 0 Å². The van der Waals surface area contributed by atoms with Crippen molar-refractivity contribution in [3.05, 3.63) is 58.7 Å². The number of rotatable bonds is 5. The summed E-state index contributed by atoms with van der Waals surface area (Å²) in [5.74, 6) is 1.22. The van der Waals surface area contributed by atoms with Gasteiger partial charge in [0, 0.05) is 0 Å². The highest BCUT2D eigenvalue weighted by Gasteiger charge is 2.33. The summed E-state index contributed by atoms with van der Waals surface area (Å²) >= 11 is 0. The Morgan fingerprint density at radius 1 is 0.783 bits per heavy atom. The molecule has 0 aliphatic carbocycles. The Hall–Kier alpha value is -1.73. The predicted molar refractivity (Wildman–Crippen MR) is 95.8 cm³/mol. The summed E-state index contributed by atoms with van der Waals surface area (Å²) in [5, 5.41) is 0. The molecule has 0 atom stereocenters. The minimum absolute atomic E-state index is 0.246. The first-order valence-electron chi connectivity index (χ1n) is 7.84. The molecule has 2 aromatic rings. The quantitative estimate of drug-likeness (QED) is 0.632.